The van der Waals surface area contributed by atoms with Crippen molar-refractivity contribution in [1.82, 2.24) is 9.97 Å². The van der Waals surface area contributed by atoms with E-state index in [0.717, 1.165) is 12.0 Å². The summed E-state index contributed by atoms with van der Waals surface area (Å²) in [7, 11) is 1.53. The number of hydrogen-bond acceptors (Lipinski definition) is 6. The second-order valence-electron chi connectivity index (χ2n) is 7.35. The van der Waals surface area contributed by atoms with E-state index < -0.39 is 17.4 Å². The van der Waals surface area contributed by atoms with Crippen molar-refractivity contribution < 1.29 is 14.3 Å². The Balaban J connectivity index is 1.62. The first-order chi connectivity index (χ1) is 15.5. The predicted octanol–water partition coefficient (Wildman–Crippen LogP) is 3.15. The van der Waals surface area contributed by atoms with Crippen molar-refractivity contribution >= 4 is 35.0 Å². The summed E-state index contributed by atoms with van der Waals surface area (Å²) in [6.45, 7) is 2.04. The summed E-state index contributed by atoms with van der Waals surface area (Å²) in [5.41, 5.74) is 1.94. The summed E-state index contributed by atoms with van der Waals surface area (Å²) in [5, 5.41) is 8.37. The molecule has 3 aromatic rings. The van der Waals surface area contributed by atoms with Crippen molar-refractivity contribution in [3.63, 3.8) is 0 Å². The van der Waals surface area contributed by atoms with Gasteiger partial charge < -0.3 is 20.7 Å². The Bertz CT molecular complexity index is 1220. The number of benzene rings is 2. The molecule has 4 rings (SSSR count). The standard InChI is InChI=1S/C23H23N5O4/c1-3-13-8-10-14(11-9-13)24-21(30)15-12-18(29)26-20-19(15)22(31)28-23(27-20)25-16-6-4-5-7-17(16)32-2/h4-11,15H,3,12H2,1-2H3,(H,24,30)(H3,25,26,27,28,29,31). The van der Waals surface area contributed by atoms with Crippen LogP contribution >= 0.6 is 0 Å². The van der Waals surface area contributed by atoms with Crippen LogP contribution in [-0.4, -0.2) is 28.9 Å². The van der Waals surface area contributed by atoms with Crippen LogP contribution in [0.2, 0.25) is 0 Å². The van der Waals surface area contributed by atoms with Gasteiger partial charge in [0.2, 0.25) is 17.8 Å². The number of rotatable bonds is 6. The molecule has 2 aromatic carbocycles. The molecule has 4 N–H and O–H groups in total. The average Bonchev–Trinajstić information content (AvgIpc) is 2.79. The topological polar surface area (TPSA) is 125 Å². The molecule has 1 aromatic heterocycles. The Labute approximate surface area is 184 Å². The first-order valence-corrected chi connectivity index (χ1v) is 10.2. The zero-order valence-corrected chi connectivity index (χ0v) is 17.7. The van der Waals surface area contributed by atoms with Crippen LogP contribution in [0, 0.1) is 0 Å². The van der Waals surface area contributed by atoms with Gasteiger partial charge >= 0.3 is 0 Å². The van der Waals surface area contributed by atoms with Gasteiger partial charge in [-0.2, -0.15) is 4.98 Å². The van der Waals surface area contributed by atoms with Crippen molar-refractivity contribution in [2.75, 3.05) is 23.1 Å². The second kappa shape index (κ2) is 8.93. The molecular weight excluding hydrogens is 410 g/mol. The van der Waals surface area contributed by atoms with E-state index in [1.54, 1.807) is 30.3 Å². The number of fused-ring (bicyclic) bond motifs is 1. The molecule has 0 bridgehead atoms. The Morgan fingerprint density at radius 1 is 1.16 bits per heavy atom. The fourth-order valence-electron chi connectivity index (χ4n) is 3.58. The normalized spacial score (nSPS) is 14.8. The Hall–Kier alpha value is -4.14. The number of ether oxygens (including phenoxy) is 1. The summed E-state index contributed by atoms with van der Waals surface area (Å²) in [5.74, 6) is -1.05. The lowest BCUT2D eigenvalue weighted by Crippen LogP contribution is -2.36. The zero-order chi connectivity index (χ0) is 22.7. The first-order valence-electron chi connectivity index (χ1n) is 10.2. The molecule has 1 aliphatic heterocycles. The highest BCUT2D eigenvalue weighted by atomic mass is 16.5. The largest absolute Gasteiger partial charge is 0.495 e. The van der Waals surface area contributed by atoms with E-state index in [2.05, 4.69) is 25.9 Å². The van der Waals surface area contributed by atoms with Crippen molar-refractivity contribution in [3.05, 3.63) is 70.0 Å². The average molecular weight is 433 g/mol. The van der Waals surface area contributed by atoms with Gasteiger partial charge in [0.1, 0.15) is 11.6 Å². The van der Waals surface area contributed by atoms with Gasteiger partial charge in [0.05, 0.1) is 24.3 Å². The smallest absolute Gasteiger partial charge is 0.258 e. The summed E-state index contributed by atoms with van der Waals surface area (Å²) >= 11 is 0. The van der Waals surface area contributed by atoms with E-state index in [1.807, 2.05) is 25.1 Å². The van der Waals surface area contributed by atoms with Gasteiger partial charge in [-0.3, -0.25) is 19.4 Å². The van der Waals surface area contributed by atoms with Crippen LogP contribution in [0.4, 0.5) is 23.1 Å². The first kappa shape index (κ1) is 21.1. The Kier molecular flexibility index (Phi) is 5.89. The molecule has 0 radical (unpaired) electrons. The van der Waals surface area contributed by atoms with E-state index in [4.69, 9.17) is 4.74 Å². The van der Waals surface area contributed by atoms with Crippen molar-refractivity contribution in [3.8, 4) is 5.75 Å². The summed E-state index contributed by atoms with van der Waals surface area (Å²) < 4.78 is 5.29. The Morgan fingerprint density at radius 2 is 1.91 bits per heavy atom. The third-order valence-electron chi connectivity index (χ3n) is 5.26. The van der Waals surface area contributed by atoms with Gasteiger partial charge in [-0.1, -0.05) is 31.2 Å². The van der Waals surface area contributed by atoms with Gasteiger partial charge in [0.15, 0.2) is 0 Å². The molecule has 2 heterocycles. The van der Waals surface area contributed by atoms with Gasteiger partial charge in [-0.15, -0.1) is 0 Å². The number of hydrogen-bond donors (Lipinski definition) is 4. The maximum absolute atomic E-state index is 12.9. The minimum atomic E-state index is -0.957. The van der Waals surface area contributed by atoms with Crippen LogP contribution in [0.15, 0.2) is 53.3 Å². The maximum Gasteiger partial charge on any atom is 0.258 e. The number of para-hydroxylation sites is 2. The van der Waals surface area contributed by atoms with E-state index in [-0.39, 0.29) is 29.7 Å². The van der Waals surface area contributed by atoms with Crippen LogP contribution < -0.4 is 26.2 Å². The molecule has 0 spiro atoms. The summed E-state index contributed by atoms with van der Waals surface area (Å²) in [6, 6.07) is 14.6. The minimum Gasteiger partial charge on any atom is -0.495 e. The molecule has 1 unspecified atom stereocenters. The molecule has 0 saturated carbocycles. The number of carbonyl (C=O) groups excluding carboxylic acids is 2. The van der Waals surface area contributed by atoms with E-state index in [0.29, 0.717) is 17.1 Å². The summed E-state index contributed by atoms with van der Waals surface area (Å²) in [6.07, 6.45) is 0.743. The lowest BCUT2D eigenvalue weighted by molar-refractivity contribution is -0.123. The predicted molar refractivity (Wildman–Crippen MR) is 122 cm³/mol. The number of anilines is 4. The quantitative estimate of drug-likeness (QED) is 0.473. The van der Waals surface area contributed by atoms with Gasteiger partial charge in [-0.05, 0) is 36.2 Å². The van der Waals surface area contributed by atoms with E-state index in [1.165, 1.54) is 7.11 Å². The third kappa shape index (κ3) is 4.31. The lowest BCUT2D eigenvalue weighted by Gasteiger charge is -2.23. The van der Waals surface area contributed by atoms with Crippen LogP contribution in [0.3, 0.4) is 0 Å². The zero-order valence-electron chi connectivity index (χ0n) is 17.7. The highest BCUT2D eigenvalue weighted by Crippen LogP contribution is 2.31. The molecule has 9 heteroatoms. The van der Waals surface area contributed by atoms with Crippen molar-refractivity contribution in [2.45, 2.75) is 25.7 Å². The molecule has 32 heavy (non-hydrogen) atoms. The number of aryl methyl sites for hydroxylation is 1. The number of nitrogens with zero attached hydrogens (tertiary/aromatic N) is 1. The highest BCUT2D eigenvalue weighted by molar-refractivity contribution is 6.04. The van der Waals surface area contributed by atoms with Crippen LogP contribution in [0.25, 0.3) is 0 Å². The second-order valence-corrected chi connectivity index (χ2v) is 7.35. The number of methoxy groups -OCH3 is 1. The van der Waals surface area contributed by atoms with Crippen LogP contribution in [0.5, 0.6) is 5.75 Å². The molecule has 1 atom stereocenters. The fraction of sp³-hybridized carbons (Fsp3) is 0.217. The fourth-order valence-corrected chi connectivity index (χ4v) is 3.58. The van der Waals surface area contributed by atoms with Crippen molar-refractivity contribution in [2.24, 2.45) is 0 Å². The number of carbonyl (C=O) groups is 2. The third-order valence-corrected chi connectivity index (χ3v) is 5.26. The molecule has 0 aliphatic carbocycles. The number of nitrogens with one attached hydrogen (secondary N) is 4. The van der Waals surface area contributed by atoms with Crippen molar-refractivity contribution in [1.29, 1.82) is 0 Å². The van der Waals surface area contributed by atoms with Gasteiger partial charge in [0.25, 0.3) is 5.56 Å². The molecule has 2 amide bonds. The van der Waals surface area contributed by atoms with E-state index in [9.17, 15) is 14.4 Å². The summed E-state index contributed by atoms with van der Waals surface area (Å²) in [4.78, 5) is 45.1. The monoisotopic (exact) mass is 433 g/mol. The Morgan fingerprint density at radius 3 is 2.62 bits per heavy atom. The SMILES string of the molecule is CCc1ccc(NC(=O)C2CC(=O)Nc3nc(Nc4ccccc4OC)[nH]c(=O)c32)cc1. The molecule has 0 saturated heterocycles. The molecule has 0 fully saturated rings. The lowest BCUT2D eigenvalue weighted by atomic mass is 9.92. The number of amides is 2. The van der Waals surface area contributed by atoms with Gasteiger partial charge in [-0.25, -0.2) is 0 Å². The number of H-pyrrole nitrogens is 1. The van der Waals surface area contributed by atoms with E-state index >= 15 is 0 Å². The molecular formula is C23H23N5O4. The molecule has 164 valence electrons. The maximum atomic E-state index is 12.9. The number of aromatic nitrogens is 2. The number of aromatic amines is 1. The highest BCUT2D eigenvalue weighted by Gasteiger charge is 2.34. The van der Waals surface area contributed by atoms with Crippen LogP contribution in [0.1, 0.15) is 30.4 Å². The molecule has 1 aliphatic rings. The van der Waals surface area contributed by atoms with Gasteiger partial charge in [0, 0.05) is 12.1 Å². The van der Waals surface area contributed by atoms with Crippen LogP contribution in [-0.2, 0) is 16.0 Å². The minimum absolute atomic E-state index is 0.0591. The molecule has 9 nitrogen and oxygen atoms in total.